The number of benzene rings is 3. The summed E-state index contributed by atoms with van der Waals surface area (Å²) >= 11 is 0. The fourth-order valence-electron chi connectivity index (χ4n) is 2.98. The lowest BCUT2D eigenvalue weighted by Gasteiger charge is -2.14. The third-order valence-corrected chi connectivity index (χ3v) is 4.64. The van der Waals surface area contributed by atoms with Gasteiger partial charge in [-0.2, -0.15) is 0 Å². The second-order valence-corrected chi connectivity index (χ2v) is 6.95. The molecule has 3 nitrogen and oxygen atoms in total. The SMILES string of the molecule is C=C(C)C(=O)OCc1cc(-c2ccc(C)cc2)ccc1-c1ccc(CO)cc1. The van der Waals surface area contributed by atoms with Gasteiger partial charge in [0.2, 0.25) is 0 Å². The topological polar surface area (TPSA) is 46.5 Å². The van der Waals surface area contributed by atoms with Crippen LogP contribution in [0, 0.1) is 6.92 Å². The highest BCUT2D eigenvalue weighted by molar-refractivity contribution is 5.87. The zero-order chi connectivity index (χ0) is 20.1. The first-order valence-electron chi connectivity index (χ1n) is 9.20. The average molecular weight is 372 g/mol. The van der Waals surface area contributed by atoms with Gasteiger partial charge in [-0.1, -0.05) is 72.8 Å². The molecule has 0 heterocycles. The highest BCUT2D eigenvalue weighted by atomic mass is 16.5. The number of aliphatic hydroxyl groups is 1. The van der Waals surface area contributed by atoms with Gasteiger partial charge >= 0.3 is 5.97 Å². The molecular formula is C25H24O3. The van der Waals surface area contributed by atoms with Gasteiger partial charge in [0.1, 0.15) is 6.61 Å². The second kappa shape index (κ2) is 8.68. The molecule has 0 spiro atoms. The van der Waals surface area contributed by atoms with E-state index in [1.165, 1.54) is 5.56 Å². The van der Waals surface area contributed by atoms with Crippen LogP contribution >= 0.6 is 0 Å². The zero-order valence-electron chi connectivity index (χ0n) is 16.2. The minimum absolute atomic E-state index is 0.00965. The lowest BCUT2D eigenvalue weighted by Crippen LogP contribution is -2.06. The molecule has 0 bridgehead atoms. The number of esters is 1. The van der Waals surface area contributed by atoms with E-state index >= 15 is 0 Å². The quantitative estimate of drug-likeness (QED) is 0.463. The van der Waals surface area contributed by atoms with Crippen LogP contribution in [0.2, 0.25) is 0 Å². The summed E-state index contributed by atoms with van der Waals surface area (Å²) < 4.78 is 5.43. The number of aliphatic hydroxyl groups excluding tert-OH is 1. The molecule has 0 amide bonds. The van der Waals surface area contributed by atoms with Crippen molar-refractivity contribution in [3.8, 4) is 22.3 Å². The molecule has 3 rings (SSSR count). The highest BCUT2D eigenvalue weighted by Gasteiger charge is 2.11. The molecule has 3 aromatic rings. The molecule has 0 aliphatic rings. The van der Waals surface area contributed by atoms with E-state index in [0.29, 0.717) is 5.57 Å². The summed E-state index contributed by atoms with van der Waals surface area (Å²) in [6.07, 6.45) is 0. The van der Waals surface area contributed by atoms with E-state index in [4.69, 9.17) is 4.74 Å². The summed E-state index contributed by atoms with van der Waals surface area (Å²) in [6, 6.07) is 22.2. The van der Waals surface area contributed by atoms with Crippen molar-refractivity contribution in [2.24, 2.45) is 0 Å². The smallest absolute Gasteiger partial charge is 0.333 e. The van der Waals surface area contributed by atoms with Gasteiger partial charge in [0.05, 0.1) is 6.61 Å². The minimum atomic E-state index is -0.401. The lowest BCUT2D eigenvalue weighted by atomic mass is 9.94. The normalized spacial score (nSPS) is 10.5. The van der Waals surface area contributed by atoms with Gasteiger partial charge in [-0.3, -0.25) is 0 Å². The van der Waals surface area contributed by atoms with E-state index in [2.05, 4.69) is 49.9 Å². The fraction of sp³-hybridized carbons (Fsp3) is 0.160. The van der Waals surface area contributed by atoms with Crippen LogP contribution in [0.15, 0.2) is 78.9 Å². The molecule has 0 saturated carbocycles. The molecule has 0 saturated heterocycles. The van der Waals surface area contributed by atoms with Crippen LogP contribution in [0.3, 0.4) is 0 Å². The molecule has 1 N–H and O–H groups in total. The van der Waals surface area contributed by atoms with Crippen LogP contribution in [0.1, 0.15) is 23.6 Å². The van der Waals surface area contributed by atoms with Crippen molar-refractivity contribution in [3.63, 3.8) is 0 Å². The first-order chi connectivity index (χ1) is 13.5. The molecule has 0 aliphatic heterocycles. The van der Waals surface area contributed by atoms with Gasteiger partial charge in [-0.05, 0) is 53.3 Å². The fourth-order valence-corrected chi connectivity index (χ4v) is 2.98. The molecule has 0 aromatic heterocycles. The van der Waals surface area contributed by atoms with E-state index in [-0.39, 0.29) is 13.2 Å². The number of aryl methyl sites for hydroxylation is 1. The number of ether oxygens (including phenoxy) is 1. The minimum Gasteiger partial charge on any atom is -0.457 e. The number of hydrogen-bond donors (Lipinski definition) is 1. The summed E-state index contributed by atoms with van der Waals surface area (Å²) in [7, 11) is 0. The largest absolute Gasteiger partial charge is 0.457 e. The van der Waals surface area contributed by atoms with Crippen LogP contribution < -0.4 is 0 Å². The Hall–Kier alpha value is -3.17. The summed E-state index contributed by atoms with van der Waals surface area (Å²) in [5.41, 5.74) is 7.55. The number of carbonyl (C=O) groups excluding carboxylic acids is 1. The van der Waals surface area contributed by atoms with Crippen molar-refractivity contribution in [2.45, 2.75) is 27.1 Å². The molecule has 0 unspecified atom stereocenters. The first kappa shape index (κ1) is 19.6. The van der Waals surface area contributed by atoms with Gasteiger partial charge in [-0.25, -0.2) is 4.79 Å². The maximum atomic E-state index is 11.9. The second-order valence-electron chi connectivity index (χ2n) is 6.95. The van der Waals surface area contributed by atoms with Crippen molar-refractivity contribution in [1.82, 2.24) is 0 Å². The Morgan fingerprint density at radius 1 is 0.929 bits per heavy atom. The van der Waals surface area contributed by atoms with Crippen molar-refractivity contribution in [2.75, 3.05) is 0 Å². The molecular weight excluding hydrogens is 348 g/mol. The summed E-state index contributed by atoms with van der Waals surface area (Å²) in [4.78, 5) is 11.9. The van der Waals surface area contributed by atoms with Gasteiger partial charge in [0.15, 0.2) is 0 Å². The van der Waals surface area contributed by atoms with Crippen LogP contribution in [0.5, 0.6) is 0 Å². The predicted octanol–water partition coefficient (Wildman–Crippen LogP) is 5.44. The van der Waals surface area contributed by atoms with Crippen LogP contribution in [0.4, 0.5) is 0 Å². The Morgan fingerprint density at radius 2 is 1.54 bits per heavy atom. The van der Waals surface area contributed by atoms with Gasteiger partial charge in [-0.15, -0.1) is 0 Å². The Labute approximate surface area is 165 Å². The molecule has 3 heteroatoms. The van der Waals surface area contributed by atoms with E-state index < -0.39 is 5.97 Å². The van der Waals surface area contributed by atoms with Crippen molar-refractivity contribution in [3.05, 3.63) is 95.6 Å². The highest BCUT2D eigenvalue weighted by Crippen LogP contribution is 2.30. The van der Waals surface area contributed by atoms with E-state index in [0.717, 1.165) is 33.4 Å². The molecule has 3 aromatic carbocycles. The van der Waals surface area contributed by atoms with Crippen molar-refractivity contribution < 1.29 is 14.6 Å². The Bertz CT molecular complexity index is 983. The Kier molecular flexibility index (Phi) is 6.07. The van der Waals surface area contributed by atoms with Crippen LogP contribution in [-0.2, 0) is 22.7 Å². The van der Waals surface area contributed by atoms with Crippen molar-refractivity contribution in [1.29, 1.82) is 0 Å². The first-order valence-corrected chi connectivity index (χ1v) is 9.20. The zero-order valence-corrected chi connectivity index (χ0v) is 16.2. The number of hydrogen-bond acceptors (Lipinski definition) is 3. The molecule has 0 aliphatic carbocycles. The summed E-state index contributed by atoms with van der Waals surface area (Å²) in [5, 5.41) is 9.27. The Balaban J connectivity index is 2.00. The molecule has 28 heavy (non-hydrogen) atoms. The summed E-state index contributed by atoms with van der Waals surface area (Å²) in [5.74, 6) is -0.401. The molecule has 0 atom stereocenters. The van der Waals surface area contributed by atoms with Crippen molar-refractivity contribution >= 4 is 5.97 Å². The number of carbonyl (C=O) groups is 1. The third-order valence-electron chi connectivity index (χ3n) is 4.64. The van der Waals surface area contributed by atoms with E-state index in [9.17, 15) is 9.90 Å². The standard InChI is InChI=1S/C25H24O3/c1-17(2)25(27)28-16-23-14-22(20-8-4-18(3)5-9-20)12-13-24(23)21-10-6-19(15-26)7-11-21/h4-14,26H,1,15-16H2,2-3H3. The molecule has 142 valence electrons. The maximum Gasteiger partial charge on any atom is 0.333 e. The van der Waals surface area contributed by atoms with E-state index in [1.807, 2.05) is 30.3 Å². The average Bonchev–Trinajstić information content (AvgIpc) is 2.72. The van der Waals surface area contributed by atoms with Gasteiger partial charge in [0.25, 0.3) is 0 Å². The predicted molar refractivity (Wildman–Crippen MR) is 113 cm³/mol. The molecule has 0 radical (unpaired) electrons. The van der Waals surface area contributed by atoms with Crippen LogP contribution in [-0.4, -0.2) is 11.1 Å². The number of rotatable bonds is 6. The van der Waals surface area contributed by atoms with Crippen LogP contribution in [0.25, 0.3) is 22.3 Å². The summed E-state index contributed by atoms with van der Waals surface area (Å²) in [6.45, 7) is 7.52. The third kappa shape index (κ3) is 4.56. The molecule has 0 fully saturated rings. The maximum absolute atomic E-state index is 11.9. The van der Waals surface area contributed by atoms with Gasteiger partial charge < -0.3 is 9.84 Å². The van der Waals surface area contributed by atoms with E-state index in [1.54, 1.807) is 6.92 Å². The Morgan fingerprint density at radius 3 is 2.14 bits per heavy atom. The van der Waals surface area contributed by atoms with Gasteiger partial charge in [0, 0.05) is 5.57 Å². The monoisotopic (exact) mass is 372 g/mol. The lowest BCUT2D eigenvalue weighted by molar-refractivity contribution is -0.140.